The summed E-state index contributed by atoms with van der Waals surface area (Å²) in [6.07, 6.45) is 0.254. The quantitative estimate of drug-likeness (QED) is 0.839. The molecule has 0 unspecified atom stereocenters. The van der Waals surface area contributed by atoms with Gasteiger partial charge in [0.25, 0.3) is 5.91 Å². The molecule has 3 rings (SSSR count). The normalized spacial score (nSPS) is 16.6. The molecule has 2 atom stereocenters. The second-order valence-electron chi connectivity index (χ2n) is 6.68. The van der Waals surface area contributed by atoms with E-state index < -0.39 is 5.82 Å². The Hall–Kier alpha value is -2.89. The van der Waals surface area contributed by atoms with Gasteiger partial charge >= 0.3 is 0 Å². The molecule has 1 N–H and O–H groups in total. The van der Waals surface area contributed by atoms with Crippen molar-refractivity contribution in [3.8, 4) is 11.5 Å². The highest BCUT2D eigenvalue weighted by Crippen LogP contribution is 2.39. The number of amides is 1. The van der Waals surface area contributed by atoms with Gasteiger partial charge in [-0.3, -0.25) is 9.59 Å². The number of halogens is 1. The summed E-state index contributed by atoms with van der Waals surface area (Å²) in [5, 5.41) is 2.84. The summed E-state index contributed by atoms with van der Waals surface area (Å²) in [6.45, 7) is 3.38. The number of hydrogen-bond donors (Lipinski definition) is 1. The van der Waals surface area contributed by atoms with E-state index in [1.807, 2.05) is 31.2 Å². The van der Waals surface area contributed by atoms with Crippen molar-refractivity contribution in [2.75, 3.05) is 13.7 Å². The minimum Gasteiger partial charge on any atom is -0.496 e. The first kappa shape index (κ1) is 18.9. The molecule has 27 heavy (non-hydrogen) atoms. The van der Waals surface area contributed by atoms with E-state index in [9.17, 15) is 14.0 Å². The standard InChI is InChI=1S/C21H22FNO4/c1-12-10-16(24)21-18(9-8-15(22)20(12)21)27-11-19(25)23-13(2)14-6-4-5-7-17(14)26-3/h4-9,12-13H,10-11H2,1-3H3,(H,23,25)/t12-,13+/m0/s1. The van der Waals surface area contributed by atoms with Gasteiger partial charge in [0, 0.05) is 17.5 Å². The van der Waals surface area contributed by atoms with Crippen LogP contribution >= 0.6 is 0 Å². The van der Waals surface area contributed by atoms with Gasteiger partial charge in [-0.25, -0.2) is 4.39 Å². The number of hydrogen-bond acceptors (Lipinski definition) is 4. The summed E-state index contributed by atoms with van der Waals surface area (Å²) >= 11 is 0. The van der Waals surface area contributed by atoms with Gasteiger partial charge in [0.15, 0.2) is 12.4 Å². The molecule has 142 valence electrons. The molecule has 5 nitrogen and oxygen atoms in total. The number of rotatable bonds is 6. The van der Waals surface area contributed by atoms with E-state index in [0.29, 0.717) is 11.3 Å². The number of nitrogens with one attached hydrogen (secondary N) is 1. The van der Waals surface area contributed by atoms with Crippen molar-refractivity contribution in [3.05, 3.63) is 58.9 Å². The predicted molar refractivity (Wildman–Crippen MR) is 98.8 cm³/mol. The van der Waals surface area contributed by atoms with Crippen LogP contribution in [0.1, 0.15) is 53.7 Å². The molecule has 2 aromatic carbocycles. The van der Waals surface area contributed by atoms with Crippen molar-refractivity contribution >= 4 is 11.7 Å². The van der Waals surface area contributed by atoms with Gasteiger partial charge in [0.2, 0.25) is 0 Å². The Balaban J connectivity index is 1.68. The lowest BCUT2D eigenvalue weighted by molar-refractivity contribution is -0.123. The number of carbonyl (C=O) groups is 2. The molecule has 6 heteroatoms. The molecule has 0 aromatic heterocycles. The zero-order valence-electron chi connectivity index (χ0n) is 15.5. The van der Waals surface area contributed by atoms with Crippen LogP contribution in [0.15, 0.2) is 36.4 Å². The van der Waals surface area contributed by atoms with Crippen molar-refractivity contribution in [2.45, 2.75) is 32.2 Å². The molecule has 0 heterocycles. The van der Waals surface area contributed by atoms with Crippen molar-refractivity contribution in [1.82, 2.24) is 5.32 Å². The van der Waals surface area contributed by atoms with E-state index in [4.69, 9.17) is 9.47 Å². The number of ether oxygens (including phenoxy) is 2. The van der Waals surface area contributed by atoms with Crippen molar-refractivity contribution in [3.63, 3.8) is 0 Å². The SMILES string of the molecule is COc1ccccc1[C@@H](C)NC(=O)COc1ccc(F)c2c1C(=O)C[C@@H]2C. The van der Waals surface area contributed by atoms with Crippen LogP contribution < -0.4 is 14.8 Å². The molecule has 0 radical (unpaired) electrons. The first-order valence-electron chi connectivity index (χ1n) is 8.83. The number of fused-ring (bicyclic) bond motifs is 1. The van der Waals surface area contributed by atoms with Crippen molar-refractivity contribution < 1.29 is 23.5 Å². The number of benzene rings is 2. The van der Waals surface area contributed by atoms with E-state index >= 15 is 0 Å². The summed E-state index contributed by atoms with van der Waals surface area (Å²) < 4.78 is 24.9. The maximum absolute atomic E-state index is 14.0. The zero-order chi connectivity index (χ0) is 19.6. The molecule has 0 aliphatic heterocycles. The summed E-state index contributed by atoms with van der Waals surface area (Å²) in [7, 11) is 1.57. The maximum Gasteiger partial charge on any atom is 0.258 e. The molecular formula is C21H22FNO4. The van der Waals surface area contributed by atoms with E-state index in [1.54, 1.807) is 14.0 Å². The van der Waals surface area contributed by atoms with Gasteiger partial charge < -0.3 is 14.8 Å². The number of carbonyl (C=O) groups excluding carboxylic acids is 2. The summed E-state index contributed by atoms with van der Waals surface area (Å²) in [5.74, 6) is -0.164. The molecule has 1 amide bonds. The highest BCUT2D eigenvalue weighted by Gasteiger charge is 2.32. The van der Waals surface area contributed by atoms with Crippen LogP contribution in [0.25, 0.3) is 0 Å². The average molecular weight is 371 g/mol. The van der Waals surface area contributed by atoms with Crippen LogP contribution in [0, 0.1) is 5.82 Å². The Bertz CT molecular complexity index is 880. The third kappa shape index (κ3) is 3.79. The second kappa shape index (κ2) is 7.78. The van der Waals surface area contributed by atoms with Crippen LogP contribution in [0.3, 0.4) is 0 Å². The average Bonchev–Trinajstić information content (AvgIpc) is 2.96. The van der Waals surface area contributed by atoms with E-state index in [-0.39, 0.29) is 48.0 Å². The zero-order valence-corrected chi connectivity index (χ0v) is 15.5. The first-order valence-corrected chi connectivity index (χ1v) is 8.83. The largest absolute Gasteiger partial charge is 0.496 e. The van der Waals surface area contributed by atoms with E-state index in [2.05, 4.69) is 5.32 Å². The fraction of sp³-hybridized carbons (Fsp3) is 0.333. The molecular weight excluding hydrogens is 349 g/mol. The molecule has 0 spiro atoms. The molecule has 0 saturated heterocycles. The number of para-hydroxylation sites is 1. The van der Waals surface area contributed by atoms with Gasteiger partial charge in [0.05, 0.1) is 18.7 Å². The fourth-order valence-electron chi connectivity index (χ4n) is 3.47. The van der Waals surface area contributed by atoms with Gasteiger partial charge in [-0.15, -0.1) is 0 Å². The van der Waals surface area contributed by atoms with Gasteiger partial charge in [0.1, 0.15) is 17.3 Å². The monoisotopic (exact) mass is 371 g/mol. The summed E-state index contributed by atoms with van der Waals surface area (Å²) in [6, 6.07) is 9.82. The Labute approximate surface area is 157 Å². The second-order valence-corrected chi connectivity index (χ2v) is 6.68. The lowest BCUT2D eigenvalue weighted by Crippen LogP contribution is -2.31. The maximum atomic E-state index is 14.0. The Morgan fingerprint density at radius 3 is 2.74 bits per heavy atom. The van der Waals surface area contributed by atoms with Gasteiger partial charge in [-0.1, -0.05) is 25.1 Å². The molecule has 0 saturated carbocycles. The van der Waals surface area contributed by atoms with Crippen molar-refractivity contribution in [1.29, 1.82) is 0 Å². The topological polar surface area (TPSA) is 64.6 Å². The minimum atomic E-state index is -0.412. The van der Waals surface area contributed by atoms with Crippen LogP contribution in [-0.4, -0.2) is 25.4 Å². The summed E-state index contributed by atoms with van der Waals surface area (Å²) in [4.78, 5) is 24.4. The summed E-state index contributed by atoms with van der Waals surface area (Å²) in [5.41, 5.74) is 1.48. The minimum absolute atomic E-state index is 0.158. The third-order valence-electron chi connectivity index (χ3n) is 4.76. The van der Waals surface area contributed by atoms with Crippen LogP contribution in [0.5, 0.6) is 11.5 Å². The highest BCUT2D eigenvalue weighted by atomic mass is 19.1. The first-order chi connectivity index (χ1) is 12.9. The van der Waals surface area contributed by atoms with E-state index in [0.717, 1.165) is 5.56 Å². The lowest BCUT2D eigenvalue weighted by atomic mass is 10.0. The number of methoxy groups -OCH3 is 1. The number of Topliss-reactive ketones (excluding diaryl/α,β-unsaturated/α-hetero) is 1. The molecule has 2 aromatic rings. The van der Waals surface area contributed by atoms with Crippen LogP contribution in [0.4, 0.5) is 4.39 Å². The van der Waals surface area contributed by atoms with Crippen LogP contribution in [0.2, 0.25) is 0 Å². The Morgan fingerprint density at radius 1 is 1.26 bits per heavy atom. The fourth-order valence-corrected chi connectivity index (χ4v) is 3.47. The smallest absolute Gasteiger partial charge is 0.258 e. The molecule has 0 bridgehead atoms. The third-order valence-corrected chi connectivity index (χ3v) is 4.76. The van der Waals surface area contributed by atoms with E-state index in [1.165, 1.54) is 12.1 Å². The Morgan fingerprint density at radius 2 is 2.00 bits per heavy atom. The van der Waals surface area contributed by atoms with Gasteiger partial charge in [-0.05, 0) is 31.0 Å². The Kier molecular flexibility index (Phi) is 5.44. The lowest BCUT2D eigenvalue weighted by Gasteiger charge is -2.18. The van der Waals surface area contributed by atoms with Crippen molar-refractivity contribution in [2.24, 2.45) is 0 Å². The molecule has 1 aliphatic rings. The molecule has 0 fully saturated rings. The highest BCUT2D eigenvalue weighted by molar-refractivity contribution is 6.03. The van der Waals surface area contributed by atoms with Gasteiger partial charge in [-0.2, -0.15) is 0 Å². The predicted octanol–water partition coefficient (Wildman–Crippen LogP) is 3.78. The van der Waals surface area contributed by atoms with Crippen LogP contribution in [-0.2, 0) is 4.79 Å². The number of ketones is 1. The molecule has 1 aliphatic carbocycles.